The normalized spacial score (nSPS) is 10.7. The molecule has 2 aromatic rings. The fourth-order valence-electron chi connectivity index (χ4n) is 2.45. The van der Waals surface area contributed by atoms with E-state index in [9.17, 15) is 9.59 Å². The van der Waals surface area contributed by atoms with Crippen molar-refractivity contribution in [2.24, 2.45) is 4.99 Å². The first-order valence-electron chi connectivity index (χ1n) is 9.77. The molecule has 0 fully saturated rings. The number of hydrogen-bond donors (Lipinski definition) is 0. The van der Waals surface area contributed by atoms with E-state index in [-0.39, 0.29) is 11.9 Å². The number of hydrogen-bond acceptors (Lipinski definition) is 6. The fourth-order valence-corrected chi connectivity index (χ4v) is 2.45. The monoisotopic (exact) mass is 397 g/mol. The van der Waals surface area contributed by atoms with Gasteiger partial charge in [-0.3, -0.25) is 9.79 Å². The number of aliphatic imine (C=N–C) groups is 1. The van der Waals surface area contributed by atoms with Crippen LogP contribution in [-0.4, -0.2) is 31.9 Å². The van der Waals surface area contributed by atoms with Gasteiger partial charge in [0.05, 0.1) is 25.0 Å². The van der Waals surface area contributed by atoms with Crippen LogP contribution in [0.15, 0.2) is 47.5 Å². The molecule has 0 aliphatic carbocycles. The summed E-state index contributed by atoms with van der Waals surface area (Å²) >= 11 is 0. The van der Waals surface area contributed by atoms with Crippen molar-refractivity contribution < 1.29 is 23.8 Å². The maximum absolute atomic E-state index is 11.9. The molecule has 154 valence electrons. The highest BCUT2D eigenvalue weighted by Gasteiger charge is 2.10. The summed E-state index contributed by atoms with van der Waals surface area (Å²) in [6.45, 7) is 4.39. The Morgan fingerprint density at radius 1 is 1.00 bits per heavy atom. The number of carbonyl (C=O) groups is 2. The molecule has 0 aliphatic heterocycles. The van der Waals surface area contributed by atoms with E-state index in [2.05, 4.69) is 4.99 Å². The third-order valence-electron chi connectivity index (χ3n) is 4.06. The predicted molar refractivity (Wildman–Crippen MR) is 112 cm³/mol. The molecule has 0 atom stereocenters. The molecule has 0 bridgehead atoms. The van der Waals surface area contributed by atoms with Crippen molar-refractivity contribution in [3.05, 3.63) is 53.6 Å². The van der Waals surface area contributed by atoms with Gasteiger partial charge >= 0.3 is 11.9 Å². The zero-order valence-electron chi connectivity index (χ0n) is 17.1. The molecule has 0 aliphatic rings. The second kappa shape index (κ2) is 11.6. The first kappa shape index (κ1) is 22.1. The van der Waals surface area contributed by atoms with Gasteiger partial charge in [0.2, 0.25) is 0 Å². The van der Waals surface area contributed by atoms with E-state index in [1.165, 1.54) is 7.11 Å². The van der Waals surface area contributed by atoms with Gasteiger partial charge in [-0.05, 0) is 60.9 Å². The van der Waals surface area contributed by atoms with E-state index < -0.39 is 0 Å². The molecule has 0 heterocycles. The molecule has 2 rings (SSSR count). The summed E-state index contributed by atoms with van der Waals surface area (Å²) in [5.41, 5.74) is 1.99. The van der Waals surface area contributed by atoms with E-state index in [1.54, 1.807) is 48.7 Å². The van der Waals surface area contributed by atoms with E-state index in [0.29, 0.717) is 35.8 Å². The van der Waals surface area contributed by atoms with Crippen LogP contribution in [-0.2, 0) is 9.53 Å². The average molecular weight is 397 g/mol. The van der Waals surface area contributed by atoms with Gasteiger partial charge in [0.1, 0.15) is 0 Å². The molecule has 0 saturated carbocycles. The van der Waals surface area contributed by atoms with Crippen molar-refractivity contribution in [3.63, 3.8) is 0 Å². The summed E-state index contributed by atoms with van der Waals surface area (Å²) in [6.07, 6.45) is 4.59. The van der Waals surface area contributed by atoms with Crippen LogP contribution in [0.4, 0.5) is 5.69 Å². The Bertz CT molecular complexity index is 843. The van der Waals surface area contributed by atoms with E-state index in [0.717, 1.165) is 24.8 Å². The molecule has 0 unspecified atom stereocenters. The summed E-state index contributed by atoms with van der Waals surface area (Å²) in [5, 5.41) is 0. The fraction of sp³-hybridized carbons (Fsp3) is 0.348. The SMILES string of the molecule is CCCCOC(=O)c1ccc(N=Cc2ccc(OC(=O)CCC)c(OC)c2)cc1. The number of rotatable bonds is 10. The smallest absolute Gasteiger partial charge is 0.338 e. The van der Waals surface area contributed by atoms with Gasteiger partial charge in [0.15, 0.2) is 11.5 Å². The molecular weight excluding hydrogens is 370 g/mol. The standard InChI is InChI=1S/C23H27NO5/c1-4-6-14-28-23(26)18-9-11-19(12-10-18)24-16-17-8-13-20(21(15-17)27-3)29-22(25)7-5-2/h8-13,15-16H,4-7,14H2,1-3H3. The predicted octanol–water partition coefficient (Wildman–Crippen LogP) is 5.11. The largest absolute Gasteiger partial charge is 0.493 e. The first-order valence-corrected chi connectivity index (χ1v) is 9.77. The van der Waals surface area contributed by atoms with Crippen LogP contribution >= 0.6 is 0 Å². The van der Waals surface area contributed by atoms with E-state index in [4.69, 9.17) is 14.2 Å². The Hall–Kier alpha value is -3.15. The lowest BCUT2D eigenvalue weighted by Crippen LogP contribution is -2.08. The molecule has 6 nitrogen and oxygen atoms in total. The molecule has 0 spiro atoms. The third-order valence-corrected chi connectivity index (χ3v) is 4.06. The third kappa shape index (κ3) is 7.07. The van der Waals surface area contributed by atoms with Crippen molar-refractivity contribution in [2.45, 2.75) is 39.5 Å². The maximum atomic E-state index is 11.9. The Balaban J connectivity index is 2.03. The van der Waals surface area contributed by atoms with Crippen LogP contribution in [0.5, 0.6) is 11.5 Å². The second-order valence-corrected chi connectivity index (χ2v) is 6.43. The van der Waals surface area contributed by atoms with Crippen LogP contribution in [0.2, 0.25) is 0 Å². The van der Waals surface area contributed by atoms with E-state index >= 15 is 0 Å². The number of esters is 2. The van der Waals surface area contributed by atoms with Gasteiger partial charge in [-0.15, -0.1) is 0 Å². The minimum atomic E-state index is -0.327. The lowest BCUT2D eigenvalue weighted by atomic mass is 10.2. The highest BCUT2D eigenvalue weighted by molar-refractivity contribution is 5.90. The van der Waals surface area contributed by atoms with Crippen LogP contribution in [0.1, 0.15) is 55.5 Å². The molecule has 29 heavy (non-hydrogen) atoms. The summed E-state index contributed by atoms with van der Waals surface area (Å²) in [4.78, 5) is 28.0. The van der Waals surface area contributed by atoms with Gasteiger partial charge in [0, 0.05) is 12.6 Å². The first-order chi connectivity index (χ1) is 14.1. The quantitative estimate of drug-likeness (QED) is 0.241. The summed E-state index contributed by atoms with van der Waals surface area (Å²) in [7, 11) is 1.52. The van der Waals surface area contributed by atoms with Crippen LogP contribution in [0, 0.1) is 0 Å². The van der Waals surface area contributed by atoms with Gasteiger partial charge in [-0.1, -0.05) is 20.3 Å². The summed E-state index contributed by atoms with van der Waals surface area (Å²) in [6, 6.07) is 12.1. The number of methoxy groups -OCH3 is 1. The molecule has 2 aromatic carbocycles. The maximum Gasteiger partial charge on any atom is 0.338 e. The van der Waals surface area contributed by atoms with Gasteiger partial charge < -0.3 is 14.2 Å². The van der Waals surface area contributed by atoms with Crippen molar-refractivity contribution in [1.29, 1.82) is 0 Å². The lowest BCUT2D eigenvalue weighted by Gasteiger charge is -2.09. The van der Waals surface area contributed by atoms with Crippen molar-refractivity contribution in [3.8, 4) is 11.5 Å². The topological polar surface area (TPSA) is 74.2 Å². The zero-order valence-corrected chi connectivity index (χ0v) is 17.1. The molecule has 0 amide bonds. The summed E-state index contributed by atoms with van der Waals surface area (Å²) < 4.78 is 15.8. The Labute approximate surface area is 171 Å². The van der Waals surface area contributed by atoms with Crippen LogP contribution in [0.3, 0.4) is 0 Å². The molecule has 0 radical (unpaired) electrons. The van der Waals surface area contributed by atoms with Gasteiger partial charge in [0.25, 0.3) is 0 Å². The van der Waals surface area contributed by atoms with Crippen molar-refractivity contribution in [1.82, 2.24) is 0 Å². The molecule has 0 aromatic heterocycles. The Morgan fingerprint density at radius 2 is 1.76 bits per heavy atom. The minimum absolute atomic E-state index is 0.291. The Kier molecular flexibility index (Phi) is 8.89. The molecule has 0 N–H and O–H groups in total. The van der Waals surface area contributed by atoms with Crippen molar-refractivity contribution >= 4 is 23.8 Å². The highest BCUT2D eigenvalue weighted by Crippen LogP contribution is 2.28. The number of ether oxygens (including phenoxy) is 3. The number of unbranched alkanes of at least 4 members (excludes halogenated alkanes) is 1. The molecule has 6 heteroatoms. The number of carbonyl (C=O) groups excluding carboxylic acids is 2. The zero-order chi connectivity index (χ0) is 21.1. The van der Waals surface area contributed by atoms with Crippen LogP contribution in [0.25, 0.3) is 0 Å². The Morgan fingerprint density at radius 3 is 2.41 bits per heavy atom. The highest BCUT2D eigenvalue weighted by atomic mass is 16.6. The second-order valence-electron chi connectivity index (χ2n) is 6.43. The minimum Gasteiger partial charge on any atom is -0.493 e. The average Bonchev–Trinajstić information content (AvgIpc) is 2.73. The molecule has 0 saturated heterocycles. The lowest BCUT2D eigenvalue weighted by molar-refractivity contribution is -0.134. The molecular formula is C23H27NO5. The number of benzene rings is 2. The van der Waals surface area contributed by atoms with Gasteiger partial charge in [-0.25, -0.2) is 4.79 Å². The van der Waals surface area contributed by atoms with Crippen molar-refractivity contribution in [2.75, 3.05) is 13.7 Å². The van der Waals surface area contributed by atoms with Gasteiger partial charge in [-0.2, -0.15) is 0 Å². The number of nitrogens with zero attached hydrogens (tertiary/aromatic N) is 1. The summed E-state index contributed by atoms with van der Waals surface area (Å²) in [5.74, 6) is 0.227. The van der Waals surface area contributed by atoms with Crippen LogP contribution < -0.4 is 9.47 Å². The van der Waals surface area contributed by atoms with E-state index in [1.807, 2.05) is 13.8 Å².